The maximum atomic E-state index is 14.0. The van der Waals surface area contributed by atoms with Gasteiger partial charge in [0.25, 0.3) is 0 Å². The number of alkyl halides is 2. The molecular weight excluding hydrogens is 382 g/mol. The minimum atomic E-state index is -4.03. The molecule has 0 saturated heterocycles. The number of benzene rings is 1. The molecule has 0 atom stereocenters. The SMILES string of the molecule is CC(C)(C)[Si](C)(C)OCc1cccc(NC(=O)C(F)(F)Oc2ccccc2)n1. The average Bonchev–Trinajstić information content (AvgIpc) is 2.60. The highest BCUT2D eigenvalue weighted by molar-refractivity contribution is 6.74. The fraction of sp³-hybridized carbons (Fsp3) is 0.400. The first-order chi connectivity index (χ1) is 12.9. The van der Waals surface area contributed by atoms with E-state index in [4.69, 9.17) is 4.43 Å². The van der Waals surface area contributed by atoms with Crippen LogP contribution in [0.25, 0.3) is 0 Å². The van der Waals surface area contributed by atoms with Crippen LogP contribution in [0.15, 0.2) is 48.5 Å². The number of aromatic nitrogens is 1. The van der Waals surface area contributed by atoms with E-state index in [2.05, 4.69) is 48.9 Å². The van der Waals surface area contributed by atoms with E-state index in [1.807, 2.05) is 0 Å². The van der Waals surface area contributed by atoms with Gasteiger partial charge in [-0.1, -0.05) is 45.0 Å². The van der Waals surface area contributed by atoms with Gasteiger partial charge in [0.2, 0.25) is 0 Å². The van der Waals surface area contributed by atoms with Crippen LogP contribution in [0.4, 0.5) is 14.6 Å². The largest absolute Gasteiger partial charge is 0.482 e. The molecule has 2 aromatic rings. The number of amides is 1. The molecule has 1 aromatic carbocycles. The van der Waals surface area contributed by atoms with Crippen molar-refractivity contribution >= 4 is 20.0 Å². The van der Waals surface area contributed by atoms with Crippen LogP contribution in [0, 0.1) is 0 Å². The number of carbonyl (C=O) groups is 1. The Hall–Kier alpha value is -2.32. The number of nitrogens with one attached hydrogen (secondary N) is 1. The van der Waals surface area contributed by atoms with Gasteiger partial charge in [0.05, 0.1) is 12.3 Å². The van der Waals surface area contributed by atoms with E-state index in [9.17, 15) is 13.6 Å². The lowest BCUT2D eigenvalue weighted by atomic mass is 10.2. The zero-order valence-electron chi connectivity index (χ0n) is 16.8. The zero-order chi connectivity index (χ0) is 21.0. The standard InChI is InChI=1S/C20H26F2N2O3Si/c1-19(2,3)28(4,5)26-14-15-10-9-13-17(23-15)24-18(25)20(21,22)27-16-11-7-6-8-12-16/h6-13H,14H2,1-5H3,(H,23,24,25). The molecule has 1 N–H and O–H groups in total. The van der Waals surface area contributed by atoms with Gasteiger partial charge in [-0.25, -0.2) is 4.98 Å². The first-order valence-corrected chi connectivity index (χ1v) is 11.8. The van der Waals surface area contributed by atoms with E-state index in [1.54, 1.807) is 18.2 Å². The predicted molar refractivity (Wildman–Crippen MR) is 107 cm³/mol. The van der Waals surface area contributed by atoms with Crippen LogP contribution in [0.2, 0.25) is 18.1 Å². The summed E-state index contributed by atoms with van der Waals surface area (Å²) in [6, 6.07) is 12.2. The van der Waals surface area contributed by atoms with Gasteiger partial charge < -0.3 is 14.5 Å². The van der Waals surface area contributed by atoms with E-state index in [0.29, 0.717) is 5.69 Å². The Balaban J connectivity index is 2.02. The smallest absolute Gasteiger partial charge is 0.425 e. The molecular formula is C20H26F2N2O3Si. The number of halogens is 2. The van der Waals surface area contributed by atoms with Gasteiger partial charge in [-0.3, -0.25) is 4.79 Å². The summed E-state index contributed by atoms with van der Waals surface area (Å²) < 4.78 is 38.7. The van der Waals surface area contributed by atoms with Crippen molar-refractivity contribution < 1.29 is 22.7 Å². The number of nitrogens with zero attached hydrogens (tertiary/aromatic N) is 1. The minimum absolute atomic E-state index is 0.0117. The number of hydrogen-bond acceptors (Lipinski definition) is 4. The molecule has 0 spiro atoms. The number of carbonyl (C=O) groups excluding carboxylic acids is 1. The second kappa shape index (κ2) is 8.36. The normalized spacial score (nSPS) is 12.5. The summed E-state index contributed by atoms with van der Waals surface area (Å²) in [6.45, 7) is 10.8. The second-order valence-electron chi connectivity index (χ2n) is 7.95. The summed E-state index contributed by atoms with van der Waals surface area (Å²) in [5.41, 5.74) is 0.551. The van der Waals surface area contributed by atoms with E-state index in [0.717, 1.165) is 0 Å². The average molecular weight is 409 g/mol. The van der Waals surface area contributed by atoms with Gasteiger partial charge in [-0.05, 0) is 42.4 Å². The summed E-state index contributed by atoms with van der Waals surface area (Å²) in [7, 11) is -1.98. The lowest BCUT2D eigenvalue weighted by molar-refractivity contribution is -0.187. The molecule has 0 saturated carbocycles. The van der Waals surface area contributed by atoms with Gasteiger partial charge in [0.1, 0.15) is 11.6 Å². The molecule has 0 aliphatic heterocycles. The van der Waals surface area contributed by atoms with Gasteiger partial charge >= 0.3 is 12.0 Å². The molecule has 152 valence electrons. The van der Waals surface area contributed by atoms with Crippen LogP contribution >= 0.6 is 0 Å². The van der Waals surface area contributed by atoms with Crippen LogP contribution in [-0.4, -0.2) is 25.3 Å². The lowest BCUT2D eigenvalue weighted by Gasteiger charge is -2.36. The number of para-hydroxylation sites is 1. The first kappa shape index (κ1) is 22.0. The number of ether oxygens (including phenoxy) is 1. The zero-order valence-corrected chi connectivity index (χ0v) is 17.8. The summed E-state index contributed by atoms with van der Waals surface area (Å²) in [4.78, 5) is 16.1. The third kappa shape index (κ3) is 5.84. The highest BCUT2D eigenvalue weighted by atomic mass is 28.4. The molecule has 0 fully saturated rings. The van der Waals surface area contributed by atoms with Crippen molar-refractivity contribution in [2.75, 3.05) is 5.32 Å². The van der Waals surface area contributed by atoms with Gasteiger partial charge in [0.15, 0.2) is 8.32 Å². The van der Waals surface area contributed by atoms with E-state index >= 15 is 0 Å². The first-order valence-electron chi connectivity index (χ1n) is 8.94. The van der Waals surface area contributed by atoms with Crippen molar-refractivity contribution in [3.05, 3.63) is 54.2 Å². The maximum absolute atomic E-state index is 14.0. The van der Waals surface area contributed by atoms with Gasteiger partial charge in [0, 0.05) is 0 Å². The van der Waals surface area contributed by atoms with E-state index < -0.39 is 20.3 Å². The number of pyridine rings is 1. The highest BCUT2D eigenvalue weighted by Gasteiger charge is 2.42. The number of rotatable bonds is 7. The predicted octanol–water partition coefficient (Wildman–Crippen LogP) is 5.21. The Morgan fingerprint density at radius 3 is 2.32 bits per heavy atom. The Bertz CT molecular complexity index is 809. The van der Waals surface area contributed by atoms with Crippen molar-refractivity contribution in [2.45, 2.75) is 51.6 Å². The van der Waals surface area contributed by atoms with Crippen molar-refractivity contribution in [2.24, 2.45) is 0 Å². The Kier molecular flexibility index (Phi) is 6.56. The highest BCUT2D eigenvalue weighted by Crippen LogP contribution is 2.37. The molecule has 0 radical (unpaired) electrons. The van der Waals surface area contributed by atoms with Crippen LogP contribution in [0.5, 0.6) is 5.75 Å². The van der Waals surface area contributed by atoms with Crippen molar-refractivity contribution in [3.63, 3.8) is 0 Å². The van der Waals surface area contributed by atoms with Crippen LogP contribution in [0.3, 0.4) is 0 Å². The minimum Gasteiger partial charge on any atom is -0.425 e. The number of hydrogen-bond donors (Lipinski definition) is 1. The summed E-state index contributed by atoms with van der Waals surface area (Å²) in [5.74, 6) is -1.68. The third-order valence-corrected chi connectivity index (χ3v) is 9.17. The maximum Gasteiger partial charge on any atom is 0.482 e. The molecule has 0 unspecified atom stereocenters. The molecule has 28 heavy (non-hydrogen) atoms. The van der Waals surface area contributed by atoms with Gasteiger partial charge in [-0.2, -0.15) is 8.78 Å². The monoisotopic (exact) mass is 408 g/mol. The number of anilines is 1. The van der Waals surface area contributed by atoms with Crippen molar-refractivity contribution in [3.8, 4) is 5.75 Å². The molecule has 1 aromatic heterocycles. The van der Waals surface area contributed by atoms with Crippen molar-refractivity contribution in [1.82, 2.24) is 4.98 Å². The molecule has 1 amide bonds. The summed E-state index contributed by atoms with van der Waals surface area (Å²) in [5, 5.41) is 2.14. The van der Waals surface area contributed by atoms with E-state index in [-0.39, 0.29) is 23.2 Å². The topological polar surface area (TPSA) is 60.5 Å². The molecule has 8 heteroatoms. The summed E-state index contributed by atoms with van der Waals surface area (Å²) in [6.07, 6.45) is -4.03. The Labute approximate surface area is 165 Å². The summed E-state index contributed by atoms with van der Waals surface area (Å²) >= 11 is 0. The molecule has 5 nitrogen and oxygen atoms in total. The van der Waals surface area contributed by atoms with Crippen LogP contribution < -0.4 is 10.1 Å². The van der Waals surface area contributed by atoms with E-state index in [1.165, 1.54) is 30.3 Å². The molecule has 0 aliphatic rings. The quantitative estimate of drug-likeness (QED) is 0.639. The lowest BCUT2D eigenvalue weighted by Crippen LogP contribution is -2.40. The Morgan fingerprint density at radius 1 is 1.07 bits per heavy atom. The van der Waals surface area contributed by atoms with Crippen molar-refractivity contribution in [1.29, 1.82) is 0 Å². The van der Waals surface area contributed by atoms with Gasteiger partial charge in [-0.15, -0.1) is 0 Å². The van der Waals surface area contributed by atoms with Crippen LogP contribution in [0.1, 0.15) is 26.5 Å². The molecule has 1 heterocycles. The molecule has 0 aliphatic carbocycles. The fourth-order valence-electron chi connectivity index (χ4n) is 1.97. The Morgan fingerprint density at radius 2 is 1.71 bits per heavy atom. The third-order valence-electron chi connectivity index (χ3n) is 4.69. The molecule has 2 rings (SSSR count). The fourth-order valence-corrected chi connectivity index (χ4v) is 2.91. The molecule has 0 bridgehead atoms. The van der Waals surface area contributed by atoms with Crippen LogP contribution in [-0.2, 0) is 15.8 Å². The second-order valence-corrected chi connectivity index (χ2v) is 12.8.